The van der Waals surface area contributed by atoms with Gasteiger partial charge in [-0.1, -0.05) is 6.07 Å². The summed E-state index contributed by atoms with van der Waals surface area (Å²) in [4.78, 5) is 11.8. The van der Waals surface area contributed by atoms with Crippen LogP contribution >= 0.6 is 0 Å². The molecule has 0 aliphatic carbocycles. The number of hydrogen-bond donors (Lipinski definition) is 1. The van der Waals surface area contributed by atoms with Crippen LogP contribution < -0.4 is 14.8 Å². The molecule has 2 aromatic carbocycles. The van der Waals surface area contributed by atoms with E-state index in [9.17, 15) is 13.6 Å². The van der Waals surface area contributed by atoms with Gasteiger partial charge in [0, 0.05) is 17.8 Å². The molecule has 0 saturated carbocycles. The van der Waals surface area contributed by atoms with Crippen LogP contribution in [0.25, 0.3) is 6.08 Å². The first kappa shape index (κ1) is 16.5. The van der Waals surface area contributed by atoms with Gasteiger partial charge in [0.1, 0.15) is 0 Å². The summed E-state index contributed by atoms with van der Waals surface area (Å²) >= 11 is 0. The number of methoxy groups -OCH3 is 2. The van der Waals surface area contributed by atoms with Crippen LogP contribution in [0.1, 0.15) is 5.56 Å². The average molecular weight is 319 g/mol. The summed E-state index contributed by atoms with van der Waals surface area (Å²) < 4.78 is 36.2. The van der Waals surface area contributed by atoms with Gasteiger partial charge in [0.15, 0.2) is 23.1 Å². The number of hydrogen-bond acceptors (Lipinski definition) is 3. The molecule has 0 saturated heterocycles. The van der Waals surface area contributed by atoms with E-state index in [0.29, 0.717) is 11.5 Å². The number of anilines is 1. The fourth-order valence-corrected chi connectivity index (χ4v) is 1.89. The highest BCUT2D eigenvalue weighted by atomic mass is 19.2. The second-order valence-electron chi connectivity index (χ2n) is 4.57. The first-order valence-electron chi connectivity index (χ1n) is 6.69. The van der Waals surface area contributed by atoms with Crippen LogP contribution in [-0.2, 0) is 4.79 Å². The second kappa shape index (κ2) is 7.40. The van der Waals surface area contributed by atoms with Crippen molar-refractivity contribution in [2.24, 2.45) is 0 Å². The molecule has 4 nitrogen and oxygen atoms in total. The smallest absolute Gasteiger partial charge is 0.248 e. The first-order chi connectivity index (χ1) is 11.0. The second-order valence-corrected chi connectivity index (χ2v) is 4.57. The molecule has 6 heteroatoms. The predicted octanol–water partition coefficient (Wildman–Crippen LogP) is 3.63. The number of ether oxygens (including phenoxy) is 2. The molecular weight excluding hydrogens is 304 g/mol. The summed E-state index contributed by atoms with van der Waals surface area (Å²) in [5.74, 6) is -1.34. The Balaban J connectivity index is 2.07. The van der Waals surface area contributed by atoms with Crippen LogP contribution in [0.3, 0.4) is 0 Å². The average Bonchev–Trinajstić information content (AvgIpc) is 2.56. The molecular formula is C17H15F2NO3. The highest BCUT2D eigenvalue weighted by Crippen LogP contribution is 2.27. The summed E-state index contributed by atoms with van der Waals surface area (Å²) in [6.45, 7) is 0. The van der Waals surface area contributed by atoms with Crippen LogP contribution in [-0.4, -0.2) is 20.1 Å². The number of benzene rings is 2. The third kappa shape index (κ3) is 4.29. The van der Waals surface area contributed by atoms with Crippen molar-refractivity contribution in [3.8, 4) is 11.5 Å². The van der Waals surface area contributed by atoms with Gasteiger partial charge in [0.05, 0.1) is 14.2 Å². The molecule has 0 spiro atoms. The lowest BCUT2D eigenvalue weighted by atomic mass is 10.2. The van der Waals surface area contributed by atoms with E-state index in [1.54, 1.807) is 24.3 Å². The molecule has 0 bridgehead atoms. The van der Waals surface area contributed by atoms with E-state index >= 15 is 0 Å². The minimum absolute atomic E-state index is 0.172. The van der Waals surface area contributed by atoms with E-state index in [-0.39, 0.29) is 5.69 Å². The van der Waals surface area contributed by atoms with E-state index in [1.807, 2.05) is 0 Å². The van der Waals surface area contributed by atoms with Gasteiger partial charge >= 0.3 is 0 Å². The lowest BCUT2D eigenvalue weighted by Crippen LogP contribution is -2.08. The molecule has 1 amide bonds. The monoisotopic (exact) mass is 319 g/mol. The number of halogens is 2. The maximum Gasteiger partial charge on any atom is 0.248 e. The number of rotatable bonds is 5. The molecule has 120 valence electrons. The summed E-state index contributed by atoms with van der Waals surface area (Å²) in [7, 11) is 3.05. The molecule has 1 N–H and O–H groups in total. The lowest BCUT2D eigenvalue weighted by Gasteiger charge is -2.07. The van der Waals surface area contributed by atoms with Crippen LogP contribution in [0.4, 0.5) is 14.5 Å². The largest absolute Gasteiger partial charge is 0.493 e. The normalized spacial score (nSPS) is 10.6. The van der Waals surface area contributed by atoms with Crippen LogP contribution in [0, 0.1) is 11.6 Å². The summed E-state index contributed by atoms with van der Waals surface area (Å²) in [5.41, 5.74) is 0.897. The SMILES string of the molecule is COc1ccc(C=CC(=O)Nc2ccc(F)c(F)c2)cc1OC. The molecule has 2 aromatic rings. The van der Waals surface area contributed by atoms with Crippen molar-refractivity contribution in [2.45, 2.75) is 0 Å². The Morgan fingerprint density at radius 1 is 1.00 bits per heavy atom. The standard InChI is InChI=1S/C17H15F2NO3/c1-22-15-7-3-11(9-16(15)23-2)4-8-17(21)20-12-5-6-13(18)14(19)10-12/h3-10H,1-2H3,(H,20,21). The van der Waals surface area contributed by atoms with E-state index in [4.69, 9.17) is 9.47 Å². The van der Waals surface area contributed by atoms with Gasteiger partial charge in [0.25, 0.3) is 0 Å². The van der Waals surface area contributed by atoms with Crippen molar-refractivity contribution in [3.05, 3.63) is 59.7 Å². The topological polar surface area (TPSA) is 47.6 Å². The minimum atomic E-state index is -1.02. The van der Waals surface area contributed by atoms with Crippen LogP contribution in [0.15, 0.2) is 42.5 Å². The molecule has 23 heavy (non-hydrogen) atoms. The molecule has 0 unspecified atom stereocenters. The summed E-state index contributed by atoms with van der Waals surface area (Å²) in [6.07, 6.45) is 2.85. The van der Waals surface area contributed by atoms with Crippen molar-refractivity contribution in [1.29, 1.82) is 0 Å². The Morgan fingerprint density at radius 2 is 1.74 bits per heavy atom. The molecule has 0 aliphatic heterocycles. The van der Waals surface area contributed by atoms with Crippen molar-refractivity contribution >= 4 is 17.7 Å². The van der Waals surface area contributed by atoms with Gasteiger partial charge in [0.2, 0.25) is 5.91 Å². The molecule has 0 aliphatic rings. The number of nitrogens with one attached hydrogen (secondary N) is 1. The molecule has 0 atom stereocenters. The third-order valence-electron chi connectivity index (χ3n) is 3.02. The zero-order chi connectivity index (χ0) is 16.8. The predicted molar refractivity (Wildman–Crippen MR) is 83.6 cm³/mol. The Kier molecular flexibility index (Phi) is 5.30. The third-order valence-corrected chi connectivity index (χ3v) is 3.02. The Morgan fingerprint density at radius 3 is 2.39 bits per heavy atom. The van der Waals surface area contributed by atoms with E-state index < -0.39 is 17.5 Å². The van der Waals surface area contributed by atoms with Gasteiger partial charge in [-0.3, -0.25) is 4.79 Å². The summed E-state index contributed by atoms with van der Waals surface area (Å²) in [5, 5.41) is 2.44. The number of carbonyl (C=O) groups is 1. The summed E-state index contributed by atoms with van der Waals surface area (Å²) in [6, 6.07) is 8.32. The number of amides is 1. The van der Waals surface area contributed by atoms with Crippen molar-refractivity contribution in [2.75, 3.05) is 19.5 Å². The minimum Gasteiger partial charge on any atom is -0.493 e. The fraction of sp³-hybridized carbons (Fsp3) is 0.118. The van der Waals surface area contributed by atoms with Gasteiger partial charge in [-0.05, 0) is 35.9 Å². The highest BCUT2D eigenvalue weighted by molar-refractivity contribution is 6.01. The van der Waals surface area contributed by atoms with Gasteiger partial charge in [-0.25, -0.2) is 8.78 Å². The Hall–Kier alpha value is -2.89. The fourth-order valence-electron chi connectivity index (χ4n) is 1.89. The molecule has 2 rings (SSSR count). The van der Waals surface area contributed by atoms with Crippen molar-refractivity contribution < 1.29 is 23.0 Å². The molecule has 0 fully saturated rings. The zero-order valence-corrected chi connectivity index (χ0v) is 12.6. The lowest BCUT2D eigenvalue weighted by molar-refractivity contribution is -0.111. The van der Waals surface area contributed by atoms with Crippen LogP contribution in [0.2, 0.25) is 0 Å². The van der Waals surface area contributed by atoms with E-state index in [2.05, 4.69) is 5.32 Å². The van der Waals surface area contributed by atoms with Crippen molar-refractivity contribution in [1.82, 2.24) is 0 Å². The Labute approximate surface area is 132 Å². The Bertz CT molecular complexity index is 745. The molecule has 0 heterocycles. The molecule has 0 radical (unpaired) electrons. The maximum atomic E-state index is 13.1. The van der Waals surface area contributed by atoms with E-state index in [1.165, 1.54) is 26.4 Å². The molecule has 0 aromatic heterocycles. The first-order valence-corrected chi connectivity index (χ1v) is 6.69. The van der Waals surface area contributed by atoms with Crippen molar-refractivity contribution in [3.63, 3.8) is 0 Å². The van der Waals surface area contributed by atoms with E-state index in [0.717, 1.165) is 17.7 Å². The maximum absolute atomic E-state index is 13.1. The zero-order valence-electron chi connectivity index (χ0n) is 12.6. The number of carbonyl (C=O) groups excluding carboxylic acids is 1. The van der Waals surface area contributed by atoms with Gasteiger partial charge in [-0.2, -0.15) is 0 Å². The van der Waals surface area contributed by atoms with Gasteiger partial charge < -0.3 is 14.8 Å². The highest BCUT2D eigenvalue weighted by Gasteiger charge is 2.05. The van der Waals surface area contributed by atoms with Gasteiger partial charge in [-0.15, -0.1) is 0 Å². The van der Waals surface area contributed by atoms with Crippen LogP contribution in [0.5, 0.6) is 11.5 Å². The quantitative estimate of drug-likeness (QED) is 0.856.